The molecule has 5 heteroatoms. The zero-order chi connectivity index (χ0) is 22.3. The summed E-state index contributed by atoms with van der Waals surface area (Å²) in [5.74, 6) is -0.182. The van der Waals surface area contributed by atoms with E-state index in [2.05, 4.69) is 50.4 Å². The van der Waals surface area contributed by atoms with Crippen LogP contribution >= 0.6 is 11.6 Å². The van der Waals surface area contributed by atoms with E-state index in [9.17, 15) is 9.59 Å². The summed E-state index contributed by atoms with van der Waals surface area (Å²) in [5, 5.41) is 3.46. The number of halogens is 1. The summed E-state index contributed by atoms with van der Waals surface area (Å²) in [5.41, 5.74) is 3.44. The minimum atomic E-state index is -0.545. The van der Waals surface area contributed by atoms with Gasteiger partial charge in [0.2, 0.25) is 11.8 Å². The first-order valence-electron chi connectivity index (χ1n) is 10.5. The molecule has 1 atom stereocenters. The molecule has 0 heterocycles. The number of likely N-dealkylation sites (N-methyl/N-ethyl adjacent to an activating group) is 1. The van der Waals surface area contributed by atoms with E-state index >= 15 is 0 Å². The third kappa shape index (κ3) is 6.88. The van der Waals surface area contributed by atoms with Gasteiger partial charge in [0.25, 0.3) is 0 Å². The van der Waals surface area contributed by atoms with Crippen molar-refractivity contribution >= 4 is 23.4 Å². The Labute approximate surface area is 185 Å². The Morgan fingerprint density at radius 3 is 2.10 bits per heavy atom. The van der Waals surface area contributed by atoms with Crippen molar-refractivity contribution in [1.29, 1.82) is 0 Å². The van der Waals surface area contributed by atoms with Crippen LogP contribution in [0.1, 0.15) is 57.7 Å². The van der Waals surface area contributed by atoms with E-state index in [1.54, 1.807) is 24.0 Å². The lowest BCUT2D eigenvalue weighted by molar-refractivity contribution is -0.140. The van der Waals surface area contributed by atoms with E-state index in [1.807, 2.05) is 19.1 Å². The molecular formula is C25H33ClN2O2. The Kier molecular flexibility index (Phi) is 8.48. The number of amides is 2. The molecule has 2 rings (SSSR count). The van der Waals surface area contributed by atoms with Gasteiger partial charge < -0.3 is 10.2 Å². The number of hydrogen-bond donors (Lipinski definition) is 1. The van der Waals surface area contributed by atoms with Gasteiger partial charge in [-0.15, -0.1) is 0 Å². The Hall–Kier alpha value is -2.33. The summed E-state index contributed by atoms with van der Waals surface area (Å²) < 4.78 is 0. The van der Waals surface area contributed by atoms with Crippen LogP contribution in [0.25, 0.3) is 0 Å². The van der Waals surface area contributed by atoms with Gasteiger partial charge in [-0.25, -0.2) is 0 Å². The van der Waals surface area contributed by atoms with Gasteiger partial charge in [0.05, 0.1) is 0 Å². The molecule has 2 amide bonds. The first-order valence-corrected chi connectivity index (χ1v) is 10.9. The van der Waals surface area contributed by atoms with Crippen molar-refractivity contribution in [3.8, 4) is 0 Å². The normalized spacial score (nSPS) is 12.3. The van der Waals surface area contributed by atoms with Crippen LogP contribution in [0.4, 0.5) is 0 Å². The van der Waals surface area contributed by atoms with Gasteiger partial charge in [-0.1, -0.05) is 68.8 Å². The van der Waals surface area contributed by atoms with Gasteiger partial charge in [-0.05, 0) is 54.5 Å². The fourth-order valence-corrected chi connectivity index (χ4v) is 3.38. The molecule has 30 heavy (non-hydrogen) atoms. The van der Waals surface area contributed by atoms with Crippen LogP contribution in [-0.4, -0.2) is 29.3 Å². The van der Waals surface area contributed by atoms with Crippen molar-refractivity contribution in [2.24, 2.45) is 0 Å². The zero-order valence-corrected chi connectivity index (χ0v) is 19.4. The van der Waals surface area contributed by atoms with Crippen LogP contribution in [0.5, 0.6) is 0 Å². The van der Waals surface area contributed by atoms with Gasteiger partial charge in [-0.3, -0.25) is 9.59 Å². The molecule has 2 aromatic rings. The number of nitrogens with one attached hydrogen (secondary N) is 1. The molecule has 2 aromatic carbocycles. The molecule has 0 spiro atoms. The Balaban J connectivity index is 2.11. The maximum Gasteiger partial charge on any atom is 0.242 e. The Morgan fingerprint density at radius 2 is 1.57 bits per heavy atom. The first-order chi connectivity index (χ1) is 14.1. The average molecular weight is 429 g/mol. The average Bonchev–Trinajstić information content (AvgIpc) is 2.71. The highest BCUT2D eigenvalue weighted by Gasteiger charge is 2.25. The third-order valence-electron chi connectivity index (χ3n) is 5.23. The van der Waals surface area contributed by atoms with Crippen LogP contribution < -0.4 is 5.32 Å². The maximum atomic E-state index is 13.1. The topological polar surface area (TPSA) is 49.4 Å². The number of benzene rings is 2. The number of carbonyl (C=O) groups excluding carboxylic acids is 2. The standard InChI is InChI=1S/C25H33ClN2O2/c1-6-27-24(30)18(2)28(17-20-9-14-22(26)15-10-20)23(29)16-11-19-7-12-21(13-8-19)25(3,4)5/h7-10,12-15,18H,6,11,16-17H2,1-5H3,(H,27,30)/t18-/m1/s1. The smallest absolute Gasteiger partial charge is 0.242 e. The van der Waals surface area contributed by atoms with E-state index in [1.165, 1.54) is 5.56 Å². The van der Waals surface area contributed by atoms with Crippen molar-refractivity contribution in [1.82, 2.24) is 10.2 Å². The van der Waals surface area contributed by atoms with E-state index in [0.29, 0.717) is 31.0 Å². The summed E-state index contributed by atoms with van der Waals surface area (Å²) in [6.07, 6.45) is 0.995. The van der Waals surface area contributed by atoms with Crippen LogP contribution in [0.15, 0.2) is 48.5 Å². The van der Waals surface area contributed by atoms with Gasteiger partial charge in [-0.2, -0.15) is 0 Å². The Bertz CT molecular complexity index is 839. The highest BCUT2D eigenvalue weighted by Crippen LogP contribution is 2.23. The molecule has 1 N–H and O–H groups in total. The fraction of sp³-hybridized carbons (Fsp3) is 0.440. The lowest BCUT2D eigenvalue weighted by atomic mass is 9.86. The highest BCUT2D eigenvalue weighted by molar-refractivity contribution is 6.30. The third-order valence-corrected chi connectivity index (χ3v) is 5.48. The largest absolute Gasteiger partial charge is 0.355 e. The molecule has 0 saturated heterocycles. The summed E-state index contributed by atoms with van der Waals surface area (Å²) in [6, 6.07) is 15.3. The molecule has 0 bridgehead atoms. The molecule has 4 nitrogen and oxygen atoms in total. The predicted octanol–water partition coefficient (Wildman–Crippen LogP) is 5.12. The first kappa shape index (κ1) is 23.9. The fourth-order valence-electron chi connectivity index (χ4n) is 3.26. The van der Waals surface area contributed by atoms with Gasteiger partial charge in [0, 0.05) is 24.5 Å². The predicted molar refractivity (Wildman–Crippen MR) is 124 cm³/mol. The molecule has 0 saturated carbocycles. The second kappa shape index (κ2) is 10.6. The molecule has 0 aromatic heterocycles. The van der Waals surface area contributed by atoms with Crippen molar-refractivity contribution < 1.29 is 9.59 Å². The number of carbonyl (C=O) groups is 2. The molecule has 0 radical (unpaired) electrons. The summed E-state index contributed by atoms with van der Waals surface area (Å²) in [4.78, 5) is 27.1. The minimum absolute atomic E-state index is 0.0383. The SMILES string of the molecule is CCNC(=O)[C@@H](C)N(Cc1ccc(Cl)cc1)C(=O)CCc1ccc(C(C)(C)C)cc1. The molecule has 0 unspecified atom stereocenters. The maximum absolute atomic E-state index is 13.1. The second-order valence-electron chi connectivity index (χ2n) is 8.67. The van der Waals surface area contributed by atoms with Crippen LogP contribution in [0, 0.1) is 0 Å². The van der Waals surface area contributed by atoms with Gasteiger partial charge >= 0.3 is 0 Å². The molecule has 0 aliphatic heterocycles. The van der Waals surface area contributed by atoms with Crippen molar-refractivity contribution in [3.63, 3.8) is 0 Å². The van der Waals surface area contributed by atoms with Gasteiger partial charge in [0.15, 0.2) is 0 Å². The summed E-state index contributed by atoms with van der Waals surface area (Å²) in [6.45, 7) is 11.1. The van der Waals surface area contributed by atoms with Crippen molar-refractivity contribution in [3.05, 3.63) is 70.2 Å². The van der Waals surface area contributed by atoms with Crippen LogP contribution in [0.3, 0.4) is 0 Å². The number of rotatable bonds is 8. The molecule has 0 aliphatic rings. The number of aryl methyl sites for hydroxylation is 1. The summed E-state index contributed by atoms with van der Waals surface area (Å²) in [7, 11) is 0. The Morgan fingerprint density at radius 1 is 1.00 bits per heavy atom. The second-order valence-corrected chi connectivity index (χ2v) is 9.10. The number of nitrogens with zero attached hydrogens (tertiary/aromatic N) is 1. The monoisotopic (exact) mass is 428 g/mol. The van der Waals surface area contributed by atoms with E-state index in [-0.39, 0.29) is 17.2 Å². The molecular weight excluding hydrogens is 396 g/mol. The van der Waals surface area contributed by atoms with Gasteiger partial charge in [0.1, 0.15) is 6.04 Å². The van der Waals surface area contributed by atoms with Crippen LogP contribution in [0.2, 0.25) is 5.02 Å². The minimum Gasteiger partial charge on any atom is -0.355 e. The quantitative estimate of drug-likeness (QED) is 0.634. The van der Waals surface area contributed by atoms with E-state index in [0.717, 1.165) is 11.1 Å². The van der Waals surface area contributed by atoms with E-state index < -0.39 is 6.04 Å². The number of hydrogen-bond acceptors (Lipinski definition) is 2. The zero-order valence-electron chi connectivity index (χ0n) is 18.7. The highest BCUT2D eigenvalue weighted by atomic mass is 35.5. The van der Waals surface area contributed by atoms with Crippen molar-refractivity contribution in [2.45, 2.75) is 65.5 Å². The molecule has 0 aliphatic carbocycles. The van der Waals surface area contributed by atoms with Crippen molar-refractivity contribution in [2.75, 3.05) is 6.54 Å². The lowest BCUT2D eigenvalue weighted by Gasteiger charge is -2.29. The summed E-state index contributed by atoms with van der Waals surface area (Å²) >= 11 is 5.98. The van der Waals surface area contributed by atoms with E-state index in [4.69, 9.17) is 11.6 Å². The van der Waals surface area contributed by atoms with Crippen LogP contribution in [-0.2, 0) is 28.0 Å². The lowest BCUT2D eigenvalue weighted by Crippen LogP contribution is -2.47. The molecule has 0 fully saturated rings. The molecule has 162 valence electrons.